The standard InChI is InChI=1S/C21H21N3O.2ClH/c25-21(20-14-23-13-19(20)15-5-2-1-3-6-15)24-12-17-8-4-7-16-11-22-10-9-18(16)17;;/h1-11,19-20,23H,12-14H2,(H,24,25);2*1H/t19-,20+;;/m1../s1. The van der Waals surface area contributed by atoms with Crippen molar-refractivity contribution in [1.29, 1.82) is 0 Å². The van der Waals surface area contributed by atoms with Crippen molar-refractivity contribution in [3.63, 3.8) is 0 Å². The third kappa shape index (κ3) is 4.59. The van der Waals surface area contributed by atoms with Gasteiger partial charge in [0.25, 0.3) is 0 Å². The molecule has 0 unspecified atom stereocenters. The highest BCUT2D eigenvalue weighted by Gasteiger charge is 2.33. The fraction of sp³-hybridized carbons (Fsp3) is 0.238. The van der Waals surface area contributed by atoms with E-state index in [1.165, 1.54) is 5.56 Å². The highest BCUT2D eigenvalue weighted by molar-refractivity contribution is 5.86. The summed E-state index contributed by atoms with van der Waals surface area (Å²) in [6.07, 6.45) is 3.65. The Bertz CT molecular complexity index is 883. The summed E-state index contributed by atoms with van der Waals surface area (Å²) in [5.41, 5.74) is 2.35. The van der Waals surface area contributed by atoms with Crippen LogP contribution in [0.3, 0.4) is 0 Å². The van der Waals surface area contributed by atoms with Crippen molar-refractivity contribution in [2.24, 2.45) is 5.92 Å². The number of hydrogen-bond acceptors (Lipinski definition) is 3. The molecule has 0 aliphatic carbocycles. The van der Waals surface area contributed by atoms with Gasteiger partial charge in [-0.15, -0.1) is 24.8 Å². The molecule has 2 aromatic carbocycles. The van der Waals surface area contributed by atoms with Crippen molar-refractivity contribution in [3.8, 4) is 0 Å². The zero-order valence-electron chi connectivity index (χ0n) is 14.8. The van der Waals surface area contributed by atoms with Crippen LogP contribution in [0, 0.1) is 5.92 Å². The highest BCUT2D eigenvalue weighted by atomic mass is 35.5. The van der Waals surface area contributed by atoms with E-state index in [0.29, 0.717) is 6.54 Å². The molecule has 0 spiro atoms. The first-order valence-corrected chi connectivity index (χ1v) is 8.68. The van der Waals surface area contributed by atoms with E-state index in [1.807, 2.05) is 42.6 Å². The number of carbonyl (C=O) groups is 1. The van der Waals surface area contributed by atoms with Crippen molar-refractivity contribution in [2.45, 2.75) is 12.5 Å². The first-order valence-electron chi connectivity index (χ1n) is 8.68. The van der Waals surface area contributed by atoms with E-state index < -0.39 is 0 Å². The Balaban J connectivity index is 0.00000131. The Morgan fingerprint density at radius 3 is 2.67 bits per heavy atom. The second-order valence-corrected chi connectivity index (χ2v) is 6.51. The molecule has 0 bridgehead atoms. The summed E-state index contributed by atoms with van der Waals surface area (Å²) in [5, 5.41) is 8.73. The molecule has 4 rings (SSSR count). The van der Waals surface area contributed by atoms with Crippen LogP contribution >= 0.6 is 24.8 Å². The molecular formula is C21H23Cl2N3O. The maximum absolute atomic E-state index is 12.8. The van der Waals surface area contributed by atoms with Crippen molar-refractivity contribution in [2.75, 3.05) is 13.1 Å². The quantitative estimate of drug-likeness (QED) is 0.697. The van der Waals surface area contributed by atoms with E-state index in [2.05, 4.69) is 33.8 Å². The third-order valence-corrected chi connectivity index (χ3v) is 5.00. The molecule has 1 amide bonds. The number of fused-ring (bicyclic) bond motifs is 1. The van der Waals surface area contributed by atoms with Crippen LogP contribution in [0.15, 0.2) is 67.0 Å². The van der Waals surface area contributed by atoms with Gasteiger partial charge in [0.05, 0.1) is 5.92 Å². The van der Waals surface area contributed by atoms with Crippen molar-refractivity contribution >= 4 is 41.5 Å². The van der Waals surface area contributed by atoms with Crippen molar-refractivity contribution in [1.82, 2.24) is 15.6 Å². The molecule has 27 heavy (non-hydrogen) atoms. The lowest BCUT2D eigenvalue weighted by molar-refractivity contribution is -0.125. The fourth-order valence-corrected chi connectivity index (χ4v) is 3.66. The second kappa shape index (κ2) is 9.70. The number of hydrogen-bond donors (Lipinski definition) is 2. The Hall–Kier alpha value is -2.14. The van der Waals surface area contributed by atoms with E-state index in [-0.39, 0.29) is 42.6 Å². The average molecular weight is 404 g/mol. The number of nitrogens with one attached hydrogen (secondary N) is 2. The molecule has 2 heterocycles. The van der Waals surface area contributed by atoms with E-state index in [9.17, 15) is 4.79 Å². The summed E-state index contributed by atoms with van der Waals surface area (Å²) < 4.78 is 0. The number of nitrogens with zero attached hydrogens (tertiary/aromatic N) is 1. The van der Waals surface area contributed by atoms with Gasteiger partial charge < -0.3 is 10.6 Å². The summed E-state index contributed by atoms with van der Waals surface area (Å²) in [4.78, 5) is 16.9. The lowest BCUT2D eigenvalue weighted by Crippen LogP contribution is -2.34. The van der Waals surface area contributed by atoms with Crippen LogP contribution in [0.25, 0.3) is 10.8 Å². The minimum absolute atomic E-state index is 0. The molecule has 1 fully saturated rings. The number of halogens is 2. The van der Waals surface area contributed by atoms with Crippen LogP contribution in [0.2, 0.25) is 0 Å². The summed E-state index contributed by atoms with van der Waals surface area (Å²) in [6, 6.07) is 18.4. The molecule has 0 radical (unpaired) electrons. The molecule has 142 valence electrons. The Kier molecular flexibility index (Phi) is 7.60. The number of aromatic nitrogens is 1. The predicted octanol–water partition coefficient (Wildman–Crippen LogP) is 3.70. The molecule has 2 atom stereocenters. The first-order chi connectivity index (χ1) is 12.3. The Labute approximate surface area is 171 Å². The molecule has 4 nitrogen and oxygen atoms in total. The normalized spacial score (nSPS) is 18.4. The lowest BCUT2D eigenvalue weighted by atomic mass is 9.88. The van der Waals surface area contributed by atoms with Gasteiger partial charge in [0.15, 0.2) is 0 Å². The first kappa shape index (κ1) is 21.2. The van der Waals surface area contributed by atoms with Gasteiger partial charge in [0.2, 0.25) is 5.91 Å². The number of pyridine rings is 1. The van der Waals surface area contributed by atoms with Crippen LogP contribution in [-0.4, -0.2) is 24.0 Å². The predicted molar refractivity (Wildman–Crippen MR) is 114 cm³/mol. The topological polar surface area (TPSA) is 54.0 Å². The number of carbonyl (C=O) groups excluding carboxylic acids is 1. The average Bonchev–Trinajstić information content (AvgIpc) is 3.17. The van der Waals surface area contributed by atoms with Crippen molar-refractivity contribution < 1.29 is 4.79 Å². The molecule has 3 aromatic rings. The van der Waals surface area contributed by atoms with Crippen molar-refractivity contribution in [3.05, 3.63) is 78.1 Å². The van der Waals surface area contributed by atoms with Gasteiger partial charge in [0, 0.05) is 43.3 Å². The van der Waals surface area contributed by atoms with Gasteiger partial charge in [-0.2, -0.15) is 0 Å². The van der Waals surface area contributed by atoms with Crippen LogP contribution in [0.5, 0.6) is 0 Å². The van der Waals surface area contributed by atoms with E-state index in [0.717, 1.165) is 29.4 Å². The highest BCUT2D eigenvalue weighted by Crippen LogP contribution is 2.28. The molecule has 1 aliphatic heterocycles. The van der Waals surface area contributed by atoms with Gasteiger partial charge in [-0.1, -0.05) is 48.5 Å². The van der Waals surface area contributed by atoms with E-state index in [1.54, 1.807) is 6.20 Å². The van der Waals surface area contributed by atoms with Gasteiger partial charge in [-0.3, -0.25) is 9.78 Å². The molecule has 1 aliphatic rings. The molecule has 1 aromatic heterocycles. The maximum Gasteiger partial charge on any atom is 0.225 e. The monoisotopic (exact) mass is 403 g/mol. The van der Waals surface area contributed by atoms with E-state index >= 15 is 0 Å². The van der Waals surface area contributed by atoms with Gasteiger partial charge in [0.1, 0.15) is 0 Å². The Morgan fingerprint density at radius 1 is 1.04 bits per heavy atom. The van der Waals surface area contributed by atoms with E-state index in [4.69, 9.17) is 0 Å². The third-order valence-electron chi connectivity index (χ3n) is 5.00. The number of amides is 1. The number of rotatable bonds is 4. The summed E-state index contributed by atoms with van der Waals surface area (Å²) in [5.74, 6) is 0.321. The zero-order valence-corrected chi connectivity index (χ0v) is 16.4. The largest absolute Gasteiger partial charge is 0.352 e. The smallest absolute Gasteiger partial charge is 0.225 e. The molecular weight excluding hydrogens is 381 g/mol. The van der Waals surface area contributed by atoms with Gasteiger partial charge >= 0.3 is 0 Å². The molecule has 1 saturated heterocycles. The maximum atomic E-state index is 12.8. The minimum Gasteiger partial charge on any atom is -0.352 e. The Morgan fingerprint density at radius 2 is 1.85 bits per heavy atom. The fourth-order valence-electron chi connectivity index (χ4n) is 3.66. The van der Waals surface area contributed by atoms with Crippen LogP contribution in [-0.2, 0) is 11.3 Å². The van der Waals surface area contributed by atoms with Crippen LogP contribution in [0.1, 0.15) is 17.0 Å². The zero-order chi connectivity index (χ0) is 17.1. The minimum atomic E-state index is -0.0287. The second-order valence-electron chi connectivity index (χ2n) is 6.51. The molecule has 0 saturated carbocycles. The summed E-state index contributed by atoms with van der Waals surface area (Å²) >= 11 is 0. The number of benzene rings is 2. The molecule has 6 heteroatoms. The van der Waals surface area contributed by atoms with Crippen LogP contribution in [0.4, 0.5) is 0 Å². The van der Waals surface area contributed by atoms with Gasteiger partial charge in [-0.05, 0) is 22.6 Å². The van der Waals surface area contributed by atoms with Crippen LogP contribution < -0.4 is 10.6 Å². The summed E-state index contributed by atoms with van der Waals surface area (Å²) in [6.45, 7) is 2.12. The molecule has 2 N–H and O–H groups in total. The summed E-state index contributed by atoms with van der Waals surface area (Å²) in [7, 11) is 0. The lowest BCUT2D eigenvalue weighted by Gasteiger charge is -2.19. The SMILES string of the molecule is Cl.Cl.O=C(NCc1cccc2cnccc12)[C@H]1CNC[C@@H]1c1ccccc1. The van der Waals surface area contributed by atoms with Gasteiger partial charge in [-0.25, -0.2) is 0 Å².